The number of hydrogen-bond donors (Lipinski definition) is 0. The van der Waals surface area contributed by atoms with Gasteiger partial charge in [-0.1, -0.05) is 116 Å². The molecule has 0 aliphatic rings. The molecule has 0 spiro atoms. The highest BCUT2D eigenvalue weighted by Crippen LogP contribution is 2.20. The summed E-state index contributed by atoms with van der Waals surface area (Å²) >= 11 is 0. The van der Waals surface area contributed by atoms with E-state index in [1.54, 1.807) is 0 Å². The van der Waals surface area contributed by atoms with Gasteiger partial charge in [-0.05, 0) is 28.3 Å². The van der Waals surface area contributed by atoms with Gasteiger partial charge in [0.2, 0.25) is 0 Å². The summed E-state index contributed by atoms with van der Waals surface area (Å²) in [4.78, 5) is 23.5. The van der Waals surface area contributed by atoms with Crippen LogP contribution in [0.1, 0.15) is 27.1 Å². The van der Waals surface area contributed by atoms with Crippen molar-refractivity contribution in [2.24, 2.45) is 0 Å². The Kier molecular flexibility index (Phi) is 11.6. The van der Waals surface area contributed by atoms with Gasteiger partial charge in [0, 0.05) is 11.1 Å². The Balaban J connectivity index is 0.000000259. The van der Waals surface area contributed by atoms with Gasteiger partial charge in [0.15, 0.2) is 11.6 Å². The van der Waals surface area contributed by atoms with Crippen LogP contribution in [0.5, 0.6) is 0 Å². The minimum atomic E-state index is -0.0420. The van der Waals surface area contributed by atoms with Gasteiger partial charge in [0.1, 0.15) is 0 Å². The Hall–Kier alpha value is -3.35. The lowest BCUT2D eigenvalue weighted by Gasteiger charge is -2.23. The number of nitrogens with zero attached hydrogens (tertiary/aromatic N) is 1. The van der Waals surface area contributed by atoms with Crippen molar-refractivity contribution in [2.45, 2.75) is 6.42 Å². The van der Waals surface area contributed by atoms with Crippen LogP contribution in [0.2, 0.25) is 0 Å². The molecule has 4 rings (SSSR count). The summed E-state index contributed by atoms with van der Waals surface area (Å²) in [6.07, 6.45) is 1.92. The topological polar surface area (TPSA) is 34.1 Å². The van der Waals surface area contributed by atoms with Crippen LogP contribution in [0.15, 0.2) is 122 Å². The van der Waals surface area contributed by atoms with Crippen molar-refractivity contribution in [3.05, 3.63) is 133 Å². The molecule has 0 radical (unpaired) electrons. The number of ketones is 2. The average Bonchev–Trinajstić information content (AvgIpc) is 2.92. The van der Waals surface area contributed by atoms with Crippen LogP contribution >= 0.6 is 0 Å². The molecule has 3 nitrogen and oxygen atoms in total. The maximum Gasteiger partial charge on any atom is 0.185 e. The third-order valence-electron chi connectivity index (χ3n) is 5.79. The third-order valence-corrected chi connectivity index (χ3v) is 5.79. The predicted octanol–water partition coefficient (Wildman–Crippen LogP) is 4.36. The van der Waals surface area contributed by atoms with Crippen LogP contribution in [-0.2, 0) is 0 Å². The number of hydrogen-bond acceptors (Lipinski definition) is 2. The fourth-order valence-corrected chi connectivity index (χ4v) is 3.64. The molecule has 0 bridgehead atoms. The van der Waals surface area contributed by atoms with E-state index in [1.165, 1.54) is 11.6 Å². The molecule has 37 heavy (non-hydrogen) atoms. The number of carbonyl (C=O) groups is 2. The maximum absolute atomic E-state index is 12.1. The van der Waals surface area contributed by atoms with E-state index >= 15 is 0 Å². The quantitative estimate of drug-likeness (QED) is 0.130. The van der Waals surface area contributed by atoms with Gasteiger partial charge in [-0.2, -0.15) is 0 Å². The van der Waals surface area contributed by atoms with E-state index in [1.807, 2.05) is 97.1 Å². The van der Waals surface area contributed by atoms with E-state index in [0.717, 1.165) is 33.3 Å². The van der Waals surface area contributed by atoms with Gasteiger partial charge in [-0.25, -0.2) is 0 Å². The fourth-order valence-electron chi connectivity index (χ4n) is 3.64. The lowest BCUT2D eigenvalue weighted by atomic mass is 10.0. The lowest BCUT2D eigenvalue weighted by Crippen LogP contribution is -3.00. The summed E-state index contributed by atoms with van der Waals surface area (Å²) in [5.41, 5.74) is 6.07. The molecule has 0 saturated heterocycles. The van der Waals surface area contributed by atoms with Crippen molar-refractivity contribution in [1.29, 1.82) is 0 Å². The molecule has 0 saturated carbocycles. The highest BCUT2D eigenvalue weighted by molar-refractivity contribution is 6.04. The van der Waals surface area contributed by atoms with Crippen LogP contribution in [0.25, 0.3) is 22.3 Å². The largest absolute Gasteiger partial charge is 1.00 e. The number of carbonyl (C=O) groups excluding carboxylic acids is 2. The van der Waals surface area contributed by atoms with Crippen molar-refractivity contribution in [3.63, 3.8) is 0 Å². The SMILES string of the molecule is C=CC(=O)c1ccc(-c2ccccc2)cc1.C[N+](C)(C)CCC(=O)c1ccc(-c2ccccc2)cc1.[I-]. The van der Waals surface area contributed by atoms with Crippen molar-refractivity contribution in [1.82, 2.24) is 0 Å². The number of rotatable bonds is 8. The molecule has 0 aliphatic carbocycles. The summed E-state index contributed by atoms with van der Waals surface area (Å²) in [7, 11) is 6.31. The number of halogens is 1. The Morgan fingerprint density at radius 3 is 1.38 bits per heavy atom. The van der Waals surface area contributed by atoms with Crippen LogP contribution in [0.3, 0.4) is 0 Å². The maximum atomic E-state index is 12.1. The zero-order valence-corrected chi connectivity index (χ0v) is 23.9. The van der Waals surface area contributed by atoms with Crippen molar-refractivity contribution in [2.75, 3.05) is 27.7 Å². The normalized spacial score (nSPS) is 10.4. The average molecular weight is 604 g/mol. The first kappa shape index (κ1) is 29.9. The highest BCUT2D eigenvalue weighted by atomic mass is 127. The number of quaternary nitrogens is 1. The van der Waals surface area contributed by atoms with Crippen LogP contribution in [-0.4, -0.2) is 43.7 Å². The Labute approximate surface area is 238 Å². The van der Waals surface area contributed by atoms with Crippen molar-refractivity contribution < 1.29 is 38.0 Å². The number of Topliss-reactive ketones (excluding diaryl/α,β-unsaturated/α-hetero) is 1. The molecule has 190 valence electrons. The first-order valence-corrected chi connectivity index (χ1v) is 12.1. The molecule has 0 amide bonds. The zero-order chi connectivity index (χ0) is 26.0. The Bertz CT molecular complexity index is 1270. The molecule has 0 aromatic heterocycles. The van der Waals surface area contributed by atoms with E-state index < -0.39 is 0 Å². The van der Waals surface area contributed by atoms with E-state index in [9.17, 15) is 9.59 Å². The molecular weight excluding hydrogens is 569 g/mol. The second-order valence-corrected chi connectivity index (χ2v) is 9.64. The Morgan fingerprint density at radius 1 is 0.622 bits per heavy atom. The molecule has 0 atom stereocenters. The summed E-state index contributed by atoms with van der Waals surface area (Å²) in [5.74, 6) is 0.178. The number of benzene rings is 4. The van der Waals surface area contributed by atoms with Crippen LogP contribution < -0.4 is 24.0 Å². The smallest absolute Gasteiger partial charge is 0.185 e. The van der Waals surface area contributed by atoms with Gasteiger partial charge < -0.3 is 28.5 Å². The monoisotopic (exact) mass is 603 g/mol. The lowest BCUT2D eigenvalue weighted by molar-refractivity contribution is -0.869. The molecule has 4 aromatic carbocycles. The highest BCUT2D eigenvalue weighted by Gasteiger charge is 2.12. The minimum absolute atomic E-state index is 0. The molecule has 0 fully saturated rings. The molecule has 0 unspecified atom stereocenters. The molecule has 0 N–H and O–H groups in total. The van der Waals surface area contributed by atoms with E-state index in [2.05, 4.69) is 39.9 Å². The number of allylic oxidation sites excluding steroid dienone is 1. The molecule has 0 aliphatic heterocycles. The standard InChI is InChI=1S/C18H22NO.C15H12O.HI/c1-19(2,3)14-13-18(20)17-11-9-16(10-12-17)15-7-5-4-6-8-15;1-2-15(16)14-10-8-13(9-11-14)12-6-4-3-5-7-12;/h4-12H,13-14H2,1-3H3;2-11H,1H2;1H/q+1;;/p-1. The van der Waals surface area contributed by atoms with Gasteiger partial charge in [-0.3, -0.25) is 9.59 Å². The van der Waals surface area contributed by atoms with Gasteiger partial charge in [0.05, 0.1) is 34.1 Å². The van der Waals surface area contributed by atoms with Gasteiger partial charge in [0.25, 0.3) is 0 Å². The third kappa shape index (κ3) is 9.56. The zero-order valence-electron chi connectivity index (χ0n) is 21.7. The molecule has 0 heterocycles. The molecule has 4 heteroatoms. The minimum Gasteiger partial charge on any atom is -1.00 e. The summed E-state index contributed by atoms with van der Waals surface area (Å²) < 4.78 is 0.813. The van der Waals surface area contributed by atoms with Crippen molar-refractivity contribution in [3.8, 4) is 22.3 Å². The predicted molar refractivity (Wildman–Crippen MR) is 150 cm³/mol. The molecular formula is C33H34INO2. The molecule has 4 aromatic rings. The Morgan fingerprint density at radius 2 is 1.00 bits per heavy atom. The van der Waals surface area contributed by atoms with Crippen molar-refractivity contribution >= 4 is 11.6 Å². The van der Waals surface area contributed by atoms with Gasteiger partial charge in [-0.15, -0.1) is 0 Å². The second kappa shape index (κ2) is 14.4. The van der Waals surface area contributed by atoms with Crippen LogP contribution in [0, 0.1) is 0 Å². The van der Waals surface area contributed by atoms with E-state index in [4.69, 9.17) is 0 Å². The first-order chi connectivity index (χ1) is 17.3. The summed E-state index contributed by atoms with van der Waals surface area (Å²) in [5, 5.41) is 0. The van der Waals surface area contributed by atoms with E-state index in [0.29, 0.717) is 12.0 Å². The summed E-state index contributed by atoms with van der Waals surface area (Å²) in [6, 6.07) is 35.7. The van der Waals surface area contributed by atoms with E-state index in [-0.39, 0.29) is 35.5 Å². The first-order valence-electron chi connectivity index (χ1n) is 12.1. The van der Waals surface area contributed by atoms with Gasteiger partial charge >= 0.3 is 0 Å². The summed E-state index contributed by atoms with van der Waals surface area (Å²) in [6.45, 7) is 4.33. The fraction of sp³-hybridized carbons (Fsp3) is 0.152. The second-order valence-electron chi connectivity index (χ2n) is 9.64. The van der Waals surface area contributed by atoms with Crippen LogP contribution in [0.4, 0.5) is 0 Å².